The maximum absolute atomic E-state index is 12.8. The van der Waals surface area contributed by atoms with E-state index < -0.39 is 21.7 Å². The summed E-state index contributed by atoms with van der Waals surface area (Å²) in [5.74, 6) is 0. The van der Waals surface area contributed by atoms with Crippen LogP contribution < -0.4 is 5.32 Å². The van der Waals surface area contributed by atoms with Crippen LogP contribution in [0.1, 0.15) is 39.2 Å². The van der Waals surface area contributed by atoms with Crippen molar-refractivity contribution in [2.45, 2.75) is 57.1 Å². The lowest BCUT2D eigenvalue weighted by atomic mass is 10.1. The number of alkyl carbamates (subject to hydrolysis) is 1. The topological polar surface area (TPSA) is 75.7 Å². The van der Waals surface area contributed by atoms with Gasteiger partial charge < -0.3 is 10.1 Å². The molecule has 0 atom stereocenters. The normalized spacial score (nSPS) is 17.3. The predicted molar refractivity (Wildman–Crippen MR) is 100 cm³/mol. The van der Waals surface area contributed by atoms with Crippen LogP contribution in [0.5, 0.6) is 0 Å². The average molecular weight is 433 g/mol. The molecule has 25 heavy (non-hydrogen) atoms. The smallest absolute Gasteiger partial charge is 0.407 e. The summed E-state index contributed by atoms with van der Waals surface area (Å²) in [7, 11) is -3.53. The average Bonchev–Trinajstić information content (AvgIpc) is 2.44. The Morgan fingerprint density at radius 1 is 1.24 bits per heavy atom. The summed E-state index contributed by atoms with van der Waals surface area (Å²) >= 11 is 3.35. The molecule has 0 unspecified atom stereocenters. The molecular formula is C17H25BrN2O4S. The van der Waals surface area contributed by atoms with Crippen LogP contribution in [-0.4, -0.2) is 43.5 Å². The first-order valence-electron chi connectivity index (χ1n) is 8.24. The number of sulfonamides is 1. The highest BCUT2D eigenvalue weighted by Crippen LogP contribution is 2.25. The summed E-state index contributed by atoms with van der Waals surface area (Å²) in [6, 6.07) is 5.08. The third kappa shape index (κ3) is 5.69. The molecule has 0 spiro atoms. The summed E-state index contributed by atoms with van der Waals surface area (Å²) in [5, 5.41) is 2.82. The first kappa shape index (κ1) is 20.2. The van der Waals surface area contributed by atoms with E-state index in [1.54, 1.807) is 12.1 Å². The highest BCUT2D eigenvalue weighted by molar-refractivity contribution is 9.10. The van der Waals surface area contributed by atoms with Crippen LogP contribution in [0.3, 0.4) is 0 Å². The monoisotopic (exact) mass is 432 g/mol. The Bertz CT molecular complexity index is 715. The molecule has 2 rings (SSSR count). The van der Waals surface area contributed by atoms with E-state index in [1.807, 2.05) is 33.8 Å². The van der Waals surface area contributed by atoms with Crippen LogP contribution in [0, 0.1) is 6.92 Å². The first-order chi connectivity index (χ1) is 11.5. The number of piperidine rings is 1. The number of rotatable bonds is 3. The van der Waals surface area contributed by atoms with Crippen molar-refractivity contribution in [1.82, 2.24) is 9.62 Å². The number of aryl methyl sites for hydroxylation is 1. The fourth-order valence-electron chi connectivity index (χ4n) is 2.72. The number of nitrogens with zero attached hydrogens (tertiary/aromatic N) is 1. The van der Waals surface area contributed by atoms with Gasteiger partial charge in [0.1, 0.15) is 5.60 Å². The Hall–Kier alpha value is -1.12. The van der Waals surface area contributed by atoms with Crippen molar-refractivity contribution in [3.63, 3.8) is 0 Å². The number of carbonyl (C=O) groups excluding carboxylic acids is 1. The van der Waals surface area contributed by atoms with E-state index in [1.165, 1.54) is 4.31 Å². The van der Waals surface area contributed by atoms with Gasteiger partial charge in [0.05, 0.1) is 4.90 Å². The minimum absolute atomic E-state index is 0.0782. The van der Waals surface area contributed by atoms with Crippen molar-refractivity contribution in [2.75, 3.05) is 13.1 Å². The van der Waals surface area contributed by atoms with Gasteiger partial charge in [0.25, 0.3) is 0 Å². The lowest BCUT2D eigenvalue weighted by Gasteiger charge is -2.32. The summed E-state index contributed by atoms with van der Waals surface area (Å²) in [4.78, 5) is 12.1. The third-order valence-corrected chi connectivity index (χ3v) is 6.16. The van der Waals surface area contributed by atoms with Crippen molar-refractivity contribution < 1.29 is 17.9 Å². The molecule has 0 radical (unpaired) electrons. The van der Waals surface area contributed by atoms with Crippen LogP contribution in [0.4, 0.5) is 4.79 Å². The maximum Gasteiger partial charge on any atom is 0.407 e. The van der Waals surface area contributed by atoms with Gasteiger partial charge in [0.2, 0.25) is 10.0 Å². The van der Waals surface area contributed by atoms with Gasteiger partial charge >= 0.3 is 6.09 Å². The van der Waals surface area contributed by atoms with E-state index in [0.29, 0.717) is 25.9 Å². The molecule has 1 aliphatic rings. The van der Waals surface area contributed by atoms with Gasteiger partial charge in [-0.05, 0) is 64.3 Å². The second kappa shape index (κ2) is 7.63. The number of carbonyl (C=O) groups is 1. The first-order valence-corrected chi connectivity index (χ1v) is 10.5. The van der Waals surface area contributed by atoms with Crippen molar-refractivity contribution in [1.29, 1.82) is 0 Å². The van der Waals surface area contributed by atoms with E-state index in [-0.39, 0.29) is 10.9 Å². The number of halogens is 1. The highest BCUT2D eigenvalue weighted by atomic mass is 79.9. The van der Waals surface area contributed by atoms with Gasteiger partial charge in [-0.3, -0.25) is 0 Å². The standard InChI is InChI=1S/C17H25BrN2O4S/c1-12-9-13(18)11-15(10-12)25(22,23)20-7-5-14(6-8-20)19-16(21)24-17(2,3)4/h9-11,14H,5-8H2,1-4H3,(H,19,21). The Labute approximate surface area is 158 Å². The zero-order valence-electron chi connectivity index (χ0n) is 15.0. The molecular weight excluding hydrogens is 408 g/mol. The molecule has 1 amide bonds. The van der Waals surface area contributed by atoms with Crippen molar-refractivity contribution in [3.05, 3.63) is 28.2 Å². The molecule has 0 aliphatic carbocycles. The summed E-state index contributed by atoms with van der Waals surface area (Å²) in [5.41, 5.74) is 0.335. The number of hydrogen-bond acceptors (Lipinski definition) is 4. The molecule has 0 bridgehead atoms. The summed E-state index contributed by atoms with van der Waals surface area (Å²) in [6.45, 7) is 8.02. The molecule has 140 valence electrons. The molecule has 1 aliphatic heterocycles. The fourth-order valence-corrected chi connectivity index (χ4v) is 5.08. The molecule has 1 fully saturated rings. The summed E-state index contributed by atoms with van der Waals surface area (Å²) in [6.07, 6.45) is 0.660. The minimum atomic E-state index is -3.53. The lowest BCUT2D eigenvalue weighted by Crippen LogP contribution is -2.47. The molecule has 1 aromatic carbocycles. The van der Waals surface area contributed by atoms with Gasteiger partial charge in [-0.1, -0.05) is 15.9 Å². The SMILES string of the molecule is Cc1cc(Br)cc(S(=O)(=O)N2CCC(NC(=O)OC(C)(C)C)CC2)c1. The van der Waals surface area contributed by atoms with Crippen LogP contribution >= 0.6 is 15.9 Å². The van der Waals surface area contributed by atoms with Crippen LogP contribution in [-0.2, 0) is 14.8 Å². The van der Waals surface area contributed by atoms with Gasteiger partial charge in [-0.2, -0.15) is 4.31 Å². The Kier molecular flexibility index (Phi) is 6.17. The number of ether oxygens (including phenoxy) is 1. The van der Waals surface area contributed by atoms with Crippen molar-refractivity contribution in [3.8, 4) is 0 Å². The lowest BCUT2D eigenvalue weighted by molar-refractivity contribution is 0.0489. The molecule has 1 saturated heterocycles. The van der Waals surface area contributed by atoms with E-state index in [9.17, 15) is 13.2 Å². The van der Waals surface area contributed by atoms with Crippen LogP contribution in [0.25, 0.3) is 0 Å². The van der Waals surface area contributed by atoms with E-state index in [0.717, 1.165) is 10.0 Å². The summed E-state index contributed by atoms with van der Waals surface area (Å²) < 4.78 is 33.1. The minimum Gasteiger partial charge on any atom is -0.444 e. The molecule has 6 nitrogen and oxygen atoms in total. The van der Waals surface area contributed by atoms with E-state index in [4.69, 9.17) is 4.74 Å². The van der Waals surface area contributed by atoms with E-state index in [2.05, 4.69) is 21.2 Å². The molecule has 1 aromatic rings. The Balaban J connectivity index is 1.98. The van der Waals surface area contributed by atoms with Gasteiger partial charge in [-0.15, -0.1) is 0 Å². The Morgan fingerprint density at radius 3 is 2.36 bits per heavy atom. The van der Waals surface area contributed by atoms with Crippen molar-refractivity contribution >= 4 is 32.0 Å². The van der Waals surface area contributed by atoms with Crippen LogP contribution in [0.15, 0.2) is 27.6 Å². The largest absolute Gasteiger partial charge is 0.444 e. The van der Waals surface area contributed by atoms with Crippen LogP contribution in [0.2, 0.25) is 0 Å². The van der Waals surface area contributed by atoms with Gasteiger partial charge in [0, 0.05) is 23.6 Å². The molecule has 8 heteroatoms. The highest BCUT2D eigenvalue weighted by Gasteiger charge is 2.31. The third-order valence-electron chi connectivity index (χ3n) is 3.83. The van der Waals surface area contributed by atoms with Crippen molar-refractivity contribution in [2.24, 2.45) is 0 Å². The number of nitrogens with one attached hydrogen (secondary N) is 1. The Morgan fingerprint density at radius 2 is 1.84 bits per heavy atom. The predicted octanol–water partition coefficient (Wildman–Crippen LogP) is 3.44. The fraction of sp³-hybridized carbons (Fsp3) is 0.588. The molecule has 1 heterocycles. The van der Waals surface area contributed by atoms with Gasteiger partial charge in [0.15, 0.2) is 0 Å². The molecule has 1 N–H and O–H groups in total. The number of amides is 1. The zero-order chi connectivity index (χ0) is 18.8. The van der Waals surface area contributed by atoms with Gasteiger partial charge in [-0.25, -0.2) is 13.2 Å². The number of benzene rings is 1. The maximum atomic E-state index is 12.8. The van der Waals surface area contributed by atoms with E-state index >= 15 is 0 Å². The second-order valence-electron chi connectivity index (χ2n) is 7.29. The quantitative estimate of drug-likeness (QED) is 0.793. The molecule has 0 saturated carbocycles. The second-order valence-corrected chi connectivity index (χ2v) is 10.1. The number of hydrogen-bond donors (Lipinski definition) is 1. The molecule has 0 aromatic heterocycles. The zero-order valence-corrected chi connectivity index (χ0v) is 17.4.